The summed E-state index contributed by atoms with van der Waals surface area (Å²) in [6.07, 6.45) is -1.89. The number of hydrogen-bond donors (Lipinski definition) is 6. The lowest BCUT2D eigenvalue weighted by atomic mass is 10.2. The molecule has 6 heterocycles. The lowest BCUT2D eigenvalue weighted by molar-refractivity contribution is -0.0567. The van der Waals surface area contributed by atoms with Gasteiger partial charge in [-0.2, -0.15) is 9.67 Å². The van der Waals surface area contributed by atoms with E-state index in [4.69, 9.17) is 46.3 Å². The molecule has 0 saturated carbocycles. The number of hydrogen-bond acceptors (Lipinski definition) is 16. The van der Waals surface area contributed by atoms with Crippen molar-refractivity contribution in [2.45, 2.75) is 49.7 Å². The second kappa shape index (κ2) is 12.0. The zero-order chi connectivity index (χ0) is 30.5. The van der Waals surface area contributed by atoms with Crippen LogP contribution in [0, 0.1) is 0 Å². The van der Waals surface area contributed by atoms with Crippen molar-refractivity contribution in [1.82, 2.24) is 39.5 Å². The quantitative estimate of drug-likeness (QED) is 0.0974. The lowest BCUT2D eigenvalue weighted by Crippen LogP contribution is -2.27. The van der Waals surface area contributed by atoms with Crippen LogP contribution in [0.4, 0.5) is 11.8 Å². The summed E-state index contributed by atoms with van der Waals surface area (Å²) in [5.74, 6) is 0.129. The topological polar surface area (TPSA) is 263 Å². The average Bonchev–Trinajstić information content (AvgIpc) is 3.71. The number of rotatable bonds is 10. The van der Waals surface area contributed by atoms with E-state index in [0.717, 1.165) is 4.68 Å². The molecule has 0 bridgehead atoms. The number of nitrogen functional groups attached to an aromatic ring is 2. The average molecular weight is 676 g/mol. The first-order valence-corrected chi connectivity index (χ1v) is 17.5. The first kappa shape index (κ1) is 30.4. The van der Waals surface area contributed by atoms with Gasteiger partial charge in [0.15, 0.2) is 17.4 Å². The standard InChI is InChI=1S/C20H24N10O9P2S2/c21-15-9-1-2-29(16(9)24-7-23-15)13-4-10(31)12(38-13)6-36-41(34,43)39-11-3-8(5-35-40(33)42)37-19(11)30-17-14(27-28-30)18(32)26-20(22)25-17/h1-2,7-8,10-13,19,31H,3-6H2,(H6-,21,22,23,24,25,26,28,32,33,34,42,43)/p+1/t8-,10-,11+,12+,13+,19+,41?/m0/s1. The number of aromatic nitrogens is 8. The fourth-order valence-electron chi connectivity index (χ4n) is 4.94. The molecule has 2 unspecified atom stereocenters. The Bertz CT molecular complexity index is 1790. The number of ether oxygens (including phenoxy) is 2. The summed E-state index contributed by atoms with van der Waals surface area (Å²) in [5, 5.41) is 19.1. The number of aliphatic hydroxyl groups is 1. The highest BCUT2D eigenvalue weighted by atomic mass is 32.7. The van der Waals surface area contributed by atoms with Gasteiger partial charge in [-0.3, -0.25) is 9.78 Å². The third-order valence-corrected chi connectivity index (χ3v) is 9.14. The fraction of sp³-hybridized carbons (Fsp3) is 0.500. The van der Waals surface area contributed by atoms with Gasteiger partial charge in [0.1, 0.15) is 55.1 Å². The molecule has 0 aliphatic carbocycles. The van der Waals surface area contributed by atoms with Crippen molar-refractivity contribution in [3.63, 3.8) is 0 Å². The number of nitrogens with zero attached hydrogens (tertiary/aromatic N) is 7. The largest absolute Gasteiger partial charge is 0.582 e. The van der Waals surface area contributed by atoms with Gasteiger partial charge in [0, 0.05) is 19.0 Å². The van der Waals surface area contributed by atoms with Crippen molar-refractivity contribution in [2.75, 3.05) is 24.7 Å². The van der Waals surface area contributed by atoms with Crippen molar-refractivity contribution >= 4 is 72.0 Å². The normalized spacial score (nSPS) is 27.7. The Morgan fingerprint density at radius 2 is 2.07 bits per heavy atom. The van der Waals surface area contributed by atoms with E-state index >= 15 is 0 Å². The summed E-state index contributed by atoms with van der Waals surface area (Å²) in [7, 11) is -2.22. The summed E-state index contributed by atoms with van der Waals surface area (Å²) in [4.78, 5) is 37.9. The lowest BCUT2D eigenvalue weighted by Gasteiger charge is -2.25. The highest BCUT2D eigenvalue weighted by molar-refractivity contribution is 8.39. The van der Waals surface area contributed by atoms with Crippen LogP contribution < -0.4 is 17.0 Å². The molecular weight excluding hydrogens is 650 g/mol. The maximum atomic E-state index is 12.3. The van der Waals surface area contributed by atoms with E-state index in [1.165, 1.54) is 6.33 Å². The number of fused-ring (bicyclic) bond motifs is 2. The molecule has 8 atom stereocenters. The van der Waals surface area contributed by atoms with Gasteiger partial charge in [0.05, 0.1) is 24.2 Å². The number of aliphatic hydroxyl groups excluding tert-OH is 1. The first-order chi connectivity index (χ1) is 20.5. The molecule has 2 aliphatic rings. The number of nitrogens with one attached hydrogen (secondary N) is 1. The Labute approximate surface area is 252 Å². The van der Waals surface area contributed by atoms with E-state index in [2.05, 4.69) is 42.5 Å². The van der Waals surface area contributed by atoms with Gasteiger partial charge in [-0.25, -0.2) is 9.97 Å². The SMILES string of the molecule is Nc1nc2c(nnn2[C@@H]2O[C@H](CO[P+](=O)S)C[C@H]2OP(O)(=S)OC[C@H]2O[C@@H](n3ccc4c(N)ncnc43)C[C@@H]2O)c(=O)[nH]1. The van der Waals surface area contributed by atoms with Gasteiger partial charge in [0.25, 0.3) is 5.56 Å². The highest BCUT2D eigenvalue weighted by Crippen LogP contribution is 2.50. The molecule has 4 aromatic heterocycles. The molecule has 0 spiro atoms. The second-order valence-electron chi connectivity index (χ2n) is 9.63. The van der Waals surface area contributed by atoms with Gasteiger partial charge in [0.2, 0.25) is 5.95 Å². The smallest absolute Gasteiger partial charge is 0.390 e. The number of nitrogens with two attached hydrogens (primary N) is 2. The highest BCUT2D eigenvalue weighted by Gasteiger charge is 2.44. The summed E-state index contributed by atoms with van der Waals surface area (Å²) in [5.41, 5.74) is 11.4. The van der Waals surface area contributed by atoms with E-state index < -0.39 is 56.4 Å². The van der Waals surface area contributed by atoms with Gasteiger partial charge < -0.3 is 44.6 Å². The minimum Gasteiger partial charge on any atom is -0.390 e. The van der Waals surface area contributed by atoms with Gasteiger partial charge >= 0.3 is 13.9 Å². The zero-order valence-corrected chi connectivity index (χ0v) is 25.3. The monoisotopic (exact) mass is 675 g/mol. The van der Waals surface area contributed by atoms with Crippen LogP contribution in [0.25, 0.3) is 22.2 Å². The van der Waals surface area contributed by atoms with E-state index in [-0.39, 0.29) is 43.2 Å². The summed E-state index contributed by atoms with van der Waals surface area (Å²) >= 11 is 9.01. The van der Waals surface area contributed by atoms with Crippen molar-refractivity contribution in [3.8, 4) is 0 Å². The number of H-pyrrole nitrogens is 1. The number of thiol groups is 1. The minimum atomic E-state index is -4.00. The van der Waals surface area contributed by atoms with Gasteiger partial charge in [-0.1, -0.05) is 5.21 Å². The molecule has 7 N–H and O–H groups in total. The van der Waals surface area contributed by atoms with Crippen LogP contribution in [0.5, 0.6) is 0 Å². The Hall–Kier alpha value is -2.68. The molecule has 0 amide bonds. The Balaban J connectivity index is 1.16. The van der Waals surface area contributed by atoms with Crippen molar-refractivity contribution in [1.29, 1.82) is 0 Å². The molecule has 19 nitrogen and oxygen atoms in total. The second-order valence-corrected chi connectivity index (χ2v) is 14.1. The van der Waals surface area contributed by atoms with Gasteiger partial charge in [-0.05, 0) is 22.4 Å². The molecule has 0 radical (unpaired) electrons. The third kappa shape index (κ3) is 6.29. The molecule has 2 fully saturated rings. The van der Waals surface area contributed by atoms with Crippen LogP contribution >= 0.6 is 26.2 Å². The van der Waals surface area contributed by atoms with Crippen LogP contribution in [-0.4, -0.2) is 87.1 Å². The molecule has 23 heteroatoms. The van der Waals surface area contributed by atoms with E-state index in [1.807, 2.05) is 0 Å². The molecule has 4 aromatic rings. The van der Waals surface area contributed by atoms with Crippen molar-refractivity contribution in [3.05, 3.63) is 28.9 Å². The van der Waals surface area contributed by atoms with Crippen LogP contribution in [0.1, 0.15) is 25.3 Å². The van der Waals surface area contributed by atoms with E-state index in [9.17, 15) is 19.4 Å². The van der Waals surface area contributed by atoms with Crippen molar-refractivity contribution < 1.29 is 37.6 Å². The Morgan fingerprint density at radius 1 is 1.26 bits per heavy atom. The summed E-state index contributed by atoms with van der Waals surface area (Å²) in [6.45, 7) is -4.44. The Morgan fingerprint density at radius 3 is 2.86 bits per heavy atom. The Kier molecular flexibility index (Phi) is 8.48. The summed E-state index contributed by atoms with van der Waals surface area (Å²) in [6, 6.07) is 1.75. The van der Waals surface area contributed by atoms with Crippen LogP contribution in [0.3, 0.4) is 0 Å². The summed E-state index contributed by atoms with van der Waals surface area (Å²) < 4.78 is 42.7. The van der Waals surface area contributed by atoms with Gasteiger partial charge in [-0.15, -0.1) is 9.62 Å². The minimum absolute atomic E-state index is 0.00747. The van der Waals surface area contributed by atoms with Crippen LogP contribution in [0.15, 0.2) is 23.4 Å². The molecule has 230 valence electrons. The van der Waals surface area contributed by atoms with E-state index in [1.54, 1.807) is 16.8 Å². The molecule has 0 aromatic carbocycles. The van der Waals surface area contributed by atoms with E-state index in [0.29, 0.717) is 16.9 Å². The molecular formula is C20H25N10O9P2S2+. The predicted molar refractivity (Wildman–Crippen MR) is 155 cm³/mol. The fourth-order valence-corrected chi connectivity index (χ4v) is 6.87. The maximum absolute atomic E-state index is 12.3. The first-order valence-electron chi connectivity index (χ1n) is 12.6. The molecule has 6 rings (SSSR count). The van der Waals surface area contributed by atoms with Crippen LogP contribution in [-0.2, 0) is 39.4 Å². The zero-order valence-electron chi connectivity index (χ0n) is 21.8. The number of anilines is 2. The van der Waals surface area contributed by atoms with Crippen molar-refractivity contribution in [2.24, 2.45) is 0 Å². The third-order valence-electron chi connectivity index (χ3n) is 6.83. The predicted octanol–water partition coefficient (Wildman–Crippen LogP) is 0.282. The molecule has 2 saturated heterocycles. The maximum Gasteiger partial charge on any atom is 0.582 e. The number of aromatic amines is 1. The molecule has 43 heavy (non-hydrogen) atoms. The van der Waals surface area contributed by atoms with Crippen LogP contribution in [0.2, 0.25) is 0 Å². The molecule has 2 aliphatic heterocycles.